The van der Waals surface area contributed by atoms with Gasteiger partial charge in [-0.25, -0.2) is 0 Å². The Morgan fingerprint density at radius 1 is 0.744 bits per heavy atom. The van der Waals surface area contributed by atoms with Crippen molar-refractivity contribution >= 4 is 5.91 Å². The van der Waals surface area contributed by atoms with Crippen LogP contribution >= 0.6 is 0 Å². The summed E-state index contributed by atoms with van der Waals surface area (Å²) in [4.78, 5) is 12.4. The maximum atomic E-state index is 12.4. The van der Waals surface area contributed by atoms with E-state index in [-0.39, 0.29) is 50.6 Å². The lowest BCUT2D eigenvalue weighted by Gasteiger charge is -2.46. The summed E-state index contributed by atoms with van der Waals surface area (Å²) in [5, 5.41) is 35.5. The number of nitrogens with one attached hydrogen (secondary N) is 1. The molecular weight excluding hydrogens is 570 g/mol. The van der Waals surface area contributed by atoms with Crippen molar-refractivity contribution in [3.63, 3.8) is 0 Å². The average molecular weight is 622 g/mol. The van der Waals surface area contributed by atoms with E-state index in [2.05, 4.69) is 5.32 Å². The summed E-state index contributed by atoms with van der Waals surface area (Å²) < 4.78 is 36.1. The minimum Gasteiger partial charge on any atom is -0.394 e. The first-order chi connectivity index (χ1) is 20.6. The molecule has 0 unspecified atom stereocenters. The highest BCUT2D eigenvalue weighted by molar-refractivity contribution is 5.76. The van der Waals surface area contributed by atoms with E-state index in [0.29, 0.717) is 25.7 Å². The summed E-state index contributed by atoms with van der Waals surface area (Å²) in [6, 6.07) is -2.55. The summed E-state index contributed by atoms with van der Waals surface area (Å²) in [6.07, 6.45) is -8.09. The Bertz CT molecular complexity index is 882. The summed E-state index contributed by atoms with van der Waals surface area (Å²) in [5.74, 6) is -0.370. The lowest BCUT2D eigenvalue weighted by molar-refractivity contribution is -0.288. The summed E-state index contributed by atoms with van der Waals surface area (Å²) in [5.41, 5.74) is 36.1. The lowest BCUT2D eigenvalue weighted by Crippen LogP contribution is -2.66. The molecule has 0 radical (unpaired) electrons. The van der Waals surface area contributed by atoms with Crippen molar-refractivity contribution in [1.82, 2.24) is 5.32 Å². The number of carbonyl (C=O) groups is 1. The van der Waals surface area contributed by atoms with Gasteiger partial charge in [0.1, 0.15) is 36.6 Å². The zero-order chi connectivity index (χ0) is 31.3. The number of carbonyl (C=O) groups excluding carboxylic acids is 1. The van der Waals surface area contributed by atoms with E-state index in [1.54, 1.807) is 0 Å². The van der Waals surface area contributed by atoms with Crippen LogP contribution in [-0.4, -0.2) is 139 Å². The quantitative estimate of drug-likeness (QED) is 0.0973. The summed E-state index contributed by atoms with van der Waals surface area (Å²) >= 11 is 0. The third kappa shape index (κ3) is 8.37. The minimum absolute atomic E-state index is 0.0488. The second-order valence-corrected chi connectivity index (χ2v) is 11.8. The van der Waals surface area contributed by atoms with E-state index in [1.807, 2.05) is 0 Å². The molecule has 0 spiro atoms. The Kier molecular flexibility index (Phi) is 12.9. The van der Waals surface area contributed by atoms with Crippen molar-refractivity contribution in [2.45, 2.75) is 130 Å². The summed E-state index contributed by atoms with van der Waals surface area (Å²) in [6.45, 7) is 0.154. The van der Waals surface area contributed by atoms with Gasteiger partial charge in [0.25, 0.3) is 0 Å². The molecule has 0 aromatic rings. The SMILES string of the molecule is NCCC(=O)N[C@@H]1C[C@H](N)[C@@H](O[C@H]2O[C@H](CN)CC[C@H]2N)[C@H](O[C@@H]2O[C@H](CO)[C@@H](O[C@H]3O[C@@H](CN)CC[C@H]3N)[C@H]2O)[C@H]1O. The number of rotatable bonds is 12. The van der Waals surface area contributed by atoms with E-state index in [9.17, 15) is 20.1 Å². The maximum Gasteiger partial charge on any atom is 0.221 e. The van der Waals surface area contributed by atoms with Crippen LogP contribution in [0.4, 0.5) is 0 Å². The first-order valence-electron chi connectivity index (χ1n) is 15.2. The smallest absolute Gasteiger partial charge is 0.221 e. The van der Waals surface area contributed by atoms with E-state index in [0.717, 1.165) is 0 Å². The molecule has 3 aliphatic heterocycles. The van der Waals surface area contributed by atoms with Crippen LogP contribution in [0.25, 0.3) is 0 Å². The molecule has 4 aliphatic rings. The topological polar surface area (TPSA) is 301 Å². The van der Waals surface area contributed by atoms with Crippen LogP contribution in [-0.2, 0) is 33.2 Å². The molecule has 1 saturated carbocycles. The van der Waals surface area contributed by atoms with Crippen LogP contribution in [0.3, 0.4) is 0 Å². The molecule has 1 amide bonds. The lowest BCUT2D eigenvalue weighted by atomic mass is 9.83. The van der Waals surface area contributed by atoms with Gasteiger partial charge in [0, 0.05) is 32.1 Å². The molecule has 0 bridgehead atoms. The van der Waals surface area contributed by atoms with E-state index in [1.165, 1.54) is 0 Å². The van der Waals surface area contributed by atoms with Crippen LogP contribution in [0.1, 0.15) is 38.5 Å². The third-order valence-electron chi connectivity index (χ3n) is 8.61. The number of ether oxygens (including phenoxy) is 6. The van der Waals surface area contributed by atoms with Gasteiger partial charge < -0.3 is 83.5 Å². The van der Waals surface area contributed by atoms with Crippen LogP contribution < -0.4 is 39.7 Å². The van der Waals surface area contributed by atoms with Gasteiger partial charge in [0.15, 0.2) is 18.9 Å². The van der Waals surface area contributed by atoms with Gasteiger partial charge in [-0.1, -0.05) is 0 Å². The third-order valence-corrected chi connectivity index (χ3v) is 8.61. The Morgan fingerprint density at radius 2 is 1.30 bits per heavy atom. The second-order valence-electron chi connectivity index (χ2n) is 11.8. The molecule has 0 aromatic heterocycles. The molecule has 3 heterocycles. The van der Waals surface area contributed by atoms with Crippen molar-refractivity contribution in [2.24, 2.45) is 34.4 Å². The number of aliphatic hydroxyl groups is 3. The van der Waals surface area contributed by atoms with Gasteiger partial charge in [0.05, 0.1) is 36.9 Å². The Labute approximate surface area is 251 Å². The normalized spacial score (nSPS) is 45.7. The van der Waals surface area contributed by atoms with E-state index in [4.69, 9.17) is 62.8 Å². The molecule has 4 rings (SSSR count). The van der Waals surface area contributed by atoms with Crippen LogP contribution in [0.5, 0.6) is 0 Å². The fraction of sp³-hybridized carbons (Fsp3) is 0.962. The molecule has 0 aromatic carbocycles. The highest BCUT2D eigenvalue weighted by Crippen LogP contribution is 2.34. The fourth-order valence-corrected chi connectivity index (χ4v) is 6.08. The number of hydrogen-bond acceptors (Lipinski definition) is 16. The Morgan fingerprint density at radius 3 is 1.84 bits per heavy atom. The van der Waals surface area contributed by atoms with Gasteiger partial charge >= 0.3 is 0 Å². The Hall–Kier alpha value is -1.13. The van der Waals surface area contributed by atoms with Crippen molar-refractivity contribution < 1.29 is 48.5 Å². The van der Waals surface area contributed by atoms with Crippen LogP contribution in [0.15, 0.2) is 0 Å². The first kappa shape index (κ1) is 34.7. The van der Waals surface area contributed by atoms with E-state index < -0.39 is 86.3 Å². The average Bonchev–Trinajstić information content (AvgIpc) is 3.28. The van der Waals surface area contributed by atoms with Gasteiger partial charge in [-0.15, -0.1) is 0 Å². The molecule has 17 heteroatoms. The number of hydrogen-bond donors (Lipinski definition) is 10. The molecule has 250 valence electrons. The largest absolute Gasteiger partial charge is 0.394 e. The van der Waals surface area contributed by atoms with Crippen molar-refractivity contribution in [1.29, 1.82) is 0 Å². The van der Waals surface area contributed by atoms with E-state index >= 15 is 0 Å². The molecule has 16 N–H and O–H groups in total. The van der Waals surface area contributed by atoms with Crippen LogP contribution in [0, 0.1) is 0 Å². The molecule has 17 nitrogen and oxygen atoms in total. The maximum absolute atomic E-state index is 12.4. The standard InChI is InChI=1S/C26H51N7O10/c27-6-5-18(35)33-16-7-15(32)21(41-24-13(30)3-1-11(8-28)38-24)23(19(16)36)43-26-20(37)22(17(10-34)40-26)42-25-14(31)4-2-12(9-29)39-25/h11-17,19-26,34,36-37H,1-10,27-32H2,(H,33,35)/t11-,12+,13+,14+,15-,16+,17+,19-,20+,21+,22+,23+,24+,25+,26-/m0/s1. The molecular formula is C26H51N7O10. The van der Waals surface area contributed by atoms with Gasteiger partial charge in [-0.2, -0.15) is 0 Å². The number of amides is 1. The van der Waals surface area contributed by atoms with Crippen molar-refractivity contribution in [3.05, 3.63) is 0 Å². The minimum atomic E-state index is -1.43. The molecule has 43 heavy (non-hydrogen) atoms. The predicted molar refractivity (Wildman–Crippen MR) is 150 cm³/mol. The van der Waals surface area contributed by atoms with Gasteiger partial charge in [0.2, 0.25) is 5.91 Å². The number of aliphatic hydroxyl groups excluding tert-OH is 3. The van der Waals surface area contributed by atoms with Gasteiger partial charge in [-0.3, -0.25) is 4.79 Å². The monoisotopic (exact) mass is 621 g/mol. The molecule has 15 atom stereocenters. The second kappa shape index (κ2) is 15.9. The zero-order valence-electron chi connectivity index (χ0n) is 24.4. The van der Waals surface area contributed by atoms with Crippen molar-refractivity contribution in [3.8, 4) is 0 Å². The predicted octanol–water partition coefficient (Wildman–Crippen LogP) is -5.27. The highest BCUT2D eigenvalue weighted by Gasteiger charge is 2.53. The molecule has 1 aliphatic carbocycles. The fourth-order valence-electron chi connectivity index (χ4n) is 6.08. The van der Waals surface area contributed by atoms with Gasteiger partial charge in [-0.05, 0) is 32.1 Å². The first-order valence-corrected chi connectivity index (χ1v) is 15.2. The van der Waals surface area contributed by atoms with Crippen LogP contribution in [0.2, 0.25) is 0 Å². The Balaban J connectivity index is 1.52. The van der Waals surface area contributed by atoms with Crippen molar-refractivity contribution in [2.75, 3.05) is 26.2 Å². The molecule has 4 fully saturated rings. The summed E-state index contributed by atoms with van der Waals surface area (Å²) in [7, 11) is 0. The number of nitrogens with two attached hydrogens (primary N) is 6. The zero-order valence-corrected chi connectivity index (χ0v) is 24.4. The highest BCUT2D eigenvalue weighted by atomic mass is 16.8. The molecule has 3 saturated heterocycles.